The highest BCUT2D eigenvalue weighted by molar-refractivity contribution is 7.89. The van der Waals surface area contributed by atoms with Crippen LogP contribution >= 0.6 is 12.4 Å². The van der Waals surface area contributed by atoms with Gasteiger partial charge < -0.3 is 5.73 Å². The number of hydrogen-bond donors (Lipinski definition) is 1. The maximum atomic E-state index is 12.6. The Morgan fingerprint density at radius 2 is 1.78 bits per heavy atom. The third kappa shape index (κ3) is 5.07. The molecular weight excluding hydrogens is 353 g/mol. The summed E-state index contributed by atoms with van der Waals surface area (Å²) in [6.07, 6.45) is -2.97. The van der Waals surface area contributed by atoms with E-state index in [4.69, 9.17) is 5.73 Å². The SMILES string of the molecule is Cl.NCC1CCCCN1S(=O)(=O)c1ccc(CC(F)(F)F)cc1. The fraction of sp³-hybridized carbons (Fsp3) is 0.571. The Kier molecular flexibility index (Phi) is 6.88. The molecule has 1 aliphatic heterocycles. The van der Waals surface area contributed by atoms with Crippen LogP contribution in [0.1, 0.15) is 24.8 Å². The van der Waals surface area contributed by atoms with Crippen LogP contribution in [0.2, 0.25) is 0 Å². The fourth-order valence-electron chi connectivity index (χ4n) is 2.67. The predicted molar refractivity (Wildman–Crippen MR) is 84.0 cm³/mol. The number of halogens is 4. The summed E-state index contributed by atoms with van der Waals surface area (Å²) >= 11 is 0. The summed E-state index contributed by atoms with van der Waals surface area (Å²) in [5, 5.41) is 0. The highest BCUT2D eigenvalue weighted by atomic mass is 35.5. The quantitative estimate of drug-likeness (QED) is 0.883. The van der Waals surface area contributed by atoms with Crippen molar-refractivity contribution < 1.29 is 21.6 Å². The van der Waals surface area contributed by atoms with Gasteiger partial charge in [0.2, 0.25) is 10.0 Å². The van der Waals surface area contributed by atoms with Crippen LogP contribution in [0.5, 0.6) is 0 Å². The molecule has 0 aliphatic carbocycles. The number of piperidine rings is 1. The molecule has 0 amide bonds. The van der Waals surface area contributed by atoms with E-state index in [9.17, 15) is 21.6 Å². The summed E-state index contributed by atoms with van der Waals surface area (Å²) in [6, 6.07) is 4.65. The summed E-state index contributed by atoms with van der Waals surface area (Å²) in [5.74, 6) is 0. The first-order valence-corrected chi connectivity index (χ1v) is 8.55. The van der Waals surface area contributed by atoms with Crippen LogP contribution in [0, 0.1) is 0 Å². The molecule has 9 heteroatoms. The van der Waals surface area contributed by atoms with Gasteiger partial charge in [0.1, 0.15) is 0 Å². The molecule has 23 heavy (non-hydrogen) atoms. The monoisotopic (exact) mass is 372 g/mol. The van der Waals surface area contributed by atoms with Crippen molar-refractivity contribution in [3.05, 3.63) is 29.8 Å². The van der Waals surface area contributed by atoms with Crippen molar-refractivity contribution >= 4 is 22.4 Å². The lowest BCUT2D eigenvalue weighted by Crippen LogP contribution is -2.47. The minimum atomic E-state index is -4.31. The van der Waals surface area contributed by atoms with Gasteiger partial charge in [-0.1, -0.05) is 18.6 Å². The minimum absolute atomic E-state index is 0. The molecule has 0 spiro atoms. The normalized spacial score (nSPS) is 20.1. The van der Waals surface area contributed by atoms with E-state index in [1.807, 2.05) is 0 Å². The van der Waals surface area contributed by atoms with Crippen molar-refractivity contribution in [1.29, 1.82) is 0 Å². The molecule has 2 N–H and O–H groups in total. The van der Waals surface area contributed by atoms with Crippen molar-refractivity contribution in [2.45, 2.75) is 42.8 Å². The second-order valence-electron chi connectivity index (χ2n) is 5.44. The van der Waals surface area contributed by atoms with Crippen molar-refractivity contribution in [1.82, 2.24) is 4.31 Å². The molecule has 1 unspecified atom stereocenters. The largest absolute Gasteiger partial charge is 0.393 e. The molecule has 1 fully saturated rings. The van der Waals surface area contributed by atoms with Gasteiger partial charge in [-0.15, -0.1) is 12.4 Å². The van der Waals surface area contributed by atoms with Gasteiger partial charge in [-0.25, -0.2) is 8.42 Å². The second-order valence-corrected chi connectivity index (χ2v) is 7.33. The van der Waals surface area contributed by atoms with Crippen LogP contribution in [0.3, 0.4) is 0 Å². The van der Waals surface area contributed by atoms with Gasteiger partial charge in [0.05, 0.1) is 11.3 Å². The molecule has 4 nitrogen and oxygen atoms in total. The minimum Gasteiger partial charge on any atom is -0.329 e. The molecule has 1 atom stereocenters. The molecule has 1 saturated heterocycles. The van der Waals surface area contributed by atoms with Crippen LogP contribution in [0.15, 0.2) is 29.2 Å². The highest BCUT2D eigenvalue weighted by Crippen LogP contribution is 2.26. The van der Waals surface area contributed by atoms with E-state index in [0.29, 0.717) is 13.0 Å². The van der Waals surface area contributed by atoms with Crippen LogP contribution in [-0.4, -0.2) is 38.0 Å². The molecule has 0 aromatic heterocycles. The summed E-state index contributed by atoms with van der Waals surface area (Å²) in [5.41, 5.74) is 5.67. The predicted octanol–water partition coefficient (Wildman–Crippen LogP) is 2.72. The summed E-state index contributed by atoms with van der Waals surface area (Å²) < 4.78 is 63.5. The lowest BCUT2D eigenvalue weighted by atomic mass is 10.1. The van der Waals surface area contributed by atoms with E-state index >= 15 is 0 Å². The van der Waals surface area contributed by atoms with E-state index in [2.05, 4.69) is 0 Å². The molecule has 132 valence electrons. The maximum Gasteiger partial charge on any atom is 0.393 e. The van der Waals surface area contributed by atoms with Gasteiger partial charge in [-0.05, 0) is 30.5 Å². The number of benzene rings is 1. The van der Waals surface area contributed by atoms with Crippen LogP contribution in [-0.2, 0) is 16.4 Å². The van der Waals surface area contributed by atoms with Gasteiger partial charge in [0.15, 0.2) is 0 Å². The standard InChI is InChI=1S/C14H19F3N2O2S.ClH/c15-14(16,17)9-11-4-6-13(7-5-11)22(20,21)19-8-2-1-3-12(19)10-18;/h4-7,12H,1-3,8-10,18H2;1H. The average molecular weight is 373 g/mol. The summed E-state index contributed by atoms with van der Waals surface area (Å²) in [7, 11) is -3.71. The van der Waals surface area contributed by atoms with Crippen LogP contribution in [0.4, 0.5) is 13.2 Å². The van der Waals surface area contributed by atoms with E-state index in [1.54, 1.807) is 0 Å². The zero-order valence-electron chi connectivity index (χ0n) is 12.4. The molecule has 1 aliphatic rings. The highest BCUT2D eigenvalue weighted by Gasteiger charge is 2.33. The molecule has 1 aromatic carbocycles. The zero-order valence-corrected chi connectivity index (χ0v) is 14.1. The number of alkyl halides is 3. The Hall–Kier alpha value is -0.830. The number of nitrogens with zero attached hydrogens (tertiary/aromatic N) is 1. The van der Waals surface area contributed by atoms with E-state index in [1.165, 1.54) is 28.6 Å². The third-order valence-electron chi connectivity index (χ3n) is 3.78. The second kappa shape index (κ2) is 7.83. The van der Waals surface area contributed by atoms with Gasteiger partial charge in [0.25, 0.3) is 0 Å². The Morgan fingerprint density at radius 3 is 2.30 bits per heavy atom. The molecule has 1 heterocycles. The Bertz CT molecular complexity index is 605. The van der Waals surface area contributed by atoms with E-state index in [-0.39, 0.29) is 35.5 Å². The van der Waals surface area contributed by atoms with Gasteiger partial charge >= 0.3 is 6.18 Å². The van der Waals surface area contributed by atoms with Gasteiger partial charge in [-0.3, -0.25) is 0 Å². The Morgan fingerprint density at radius 1 is 1.17 bits per heavy atom. The van der Waals surface area contributed by atoms with E-state index in [0.717, 1.165) is 12.8 Å². The molecule has 0 bridgehead atoms. The first-order valence-electron chi connectivity index (χ1n) is 7.11. The molecule has 0 radical (unpaired) electrons. The van der Waals surface area contributed by atoms with Crippen LogP contribution in [0.25, 0.3) is 0 Å². The summed E-state index contributed by atoms with van der Waals surface area (Å²) in [6.45, 7) is 0.639. The zero-order chi connectivity index (χ0) is 16.4. The van der Waals surface area contributed by atoms with Crippen molar-refractivity contribution in [3.63, 3.8) is 0 Å². The average Bonchev–Trinajstić information content (AvgIpc) is 2.46. The molecule has 0 saturated carbocycles. The third-order valence-corrected chi connectivity index (χ3v) is 5.75. The smallest absolute Gasteiger partial charge is 0.329 e. The van der Waals surface area contributed by atoms with Crippen molar-refractivity contribution in [3.8, 4) is 0 Å². The van der Waals surface area contributed by atoms with Gasteiger partial charge in [-0.2, -0.15) is 17.5 Å². The van der Waals surface area contributed by atoms with Crippen molar-refractivity contribution in [2.75, 3.05) is 13.1 Å². The fourth-order valence-corrected chi connectivity index (χ4v) is 4.38. The Labute approximate surface area is 140 Å². The van der Waals surface area contributed by atoms with Gasteiger partial charge in [0, 0.05) is 19.1 Å². The van der Waals surface area contributed by atoms with Crippen LogP contribution < -0.4 is 5.73 Å². The number of hydrogen-bond acceptors (Lipinski definition) is 3. The lowest BCUT2D eigenvalue weighted by molar-refractivity contribution is -0.127. The maximum absolute atomic E-state index is 12.6. The Balaban J connectivity index is 0.00000264. The first kappa shape index (κ1) is 20.2. The first-order chi connectivity index (χ1) is 10.2. The summed E-state index contributed by atoms with van der Waals surface area (Å²) in [4.78, 5) is 0.0128. The molecule has 2 rings (SSSR count). The van der Waals surface area contributed by atoms with E-state index < -0.39 is 22.6 Å². The number of nitrogens with two attached hydrogens (primary N) is 1. The van der Waals surface area contributed by atoms with Crippen molar-refractivity contribution in [2.24, 2.45) is 5.73 Å². The lowest BCUT2D eigenvalue weighted by Gasteiger charge is -2.33. The molecule has 1 aromatic rings. The molecular formula is C14H20ClF3N2O2S. The number of sulfonamides is 1. The number of rotatable bonds is 4. The topological polar surface area (TPSA) is 63.4 Å².